The average molecular weight is 380 g/mol. The summed E-state index contributed by atoms with van der Waals surface area (Å²) in [5, 5.41) is 6.58. The molecule has 146 valence electrons. The molecule has 0 aliphatic heterocycles. The van der Waals surface area contributed by atoms with Crippen molar-refractivity contribution >= 4 is 23.0 Å². The van der Waals surface area contributed by atoms with E-state index in [1.165, 1.54) is 0 Å². The van der Waals surface area contributed by atoms with Crippen LogP contribution in [0.15, 0.2) is 48.5 Å². The van der Waals surface area contributed by atoms with Gasteiger partial charge in [0.15, 0.2) is 0 Å². The summed E-state index contributed by atoms with van der Waals surface area (Å²) in [6.45, 7) is 4.39. The van der Waals surface area contributed by atoms with Gasteiger partial charge in [-0.3, -0.25) is 0 Å². The van der Waals surface area contributed by atoms with Crippen LogP contribution in [0.4, 0.5) is 23.0 Å². The second-order valence-corrected chi connectivity index (χ2v) is 5.93. The molecule has 3 rings (SSSR count). The molecule has 0 aliphatic carbocycles. The van der Waals surface area contributed by atoms with Crippen LogP contribution in [0, 0.1) is 6.92 Å². The summed E-state index contributed by atoms with van der Waals surface area (Å²) in [5.41, 5.74) is 1.62. The molecule has 0 aliphatic rings. The van der Waals surface area contributed by atoms with Gasteiger partial charge in [-0.05, 0) is 38.1 Å². The first-order valence-corrected chi connectivity index (χ1v) is 8.96. The van der Waals surface area contributed by atoms with Crippen molar-refractivity contribution in [2.45, 2.75) is 13.8 Å². The van der Waals surface area contributed by atoms with Gasteiger partial charge in [0.05, 0.1) is 32.2 Å². The standard InChI is InChI=1S/C21H24N4O3/c1-5-28-18-9-7-6-8-16(18)24-20-13-21(23-14(2)22-20)25-17-11-10-15(26-3)12-19(17)27-4/h6-13H,5H2,1-4H3,(H2,22,23,24,25). The zero-order valence-electron chi connectivity index (χ0n) is 16.4. The van der Waals surface area contributed by atoms with E-state index in [-0.39, 0.29) is 0 Å². The zero-order valence-corrected chi connectivity index (χ0v) is 16.4. The lowest BCUT2D eigenvalue weighted by atomic mass is 10.2. The van der Waals surface area contributed by atoms with Crippen LogP contribution in [0.2, 0.25) is 0 Å². The highest BCUT2D eigenvalue weighted by molar-refractivity contribution is 5.69. The summed E-state index contributed by atoms with van der Waals surface area (Å²) in [4.78, 5) is 8.94. The van der Waals surface area contributed by atoms with Crippen LogP contribution < -0.4 is 24.8 Å². The van der Waals surface area contributed by atoms with Gasteiger partial charge in [0.25, 0.3) is 0 Å². The van der Waals surface area contributed by atoms with Crippen molar-refractivity contribution in [2.24, 2.45) is 0 Å². The fourth-order valence-electron chi connectivity index (χ4n) is 2.72. The second-order valence-electron chi connectivity index (χ2n) is 5.93. The van der Waals surface area contributed by atoms with Gasteiger partial charge in [-0.2, -0.15) is 0 Å². The Morgan fingerprint density at radius 2 is 1.50 bits per heavy atom. The number of anilines is 4. The number of methoxy groups -OCH3 is 2. The van der Waals surface area contributed by atoms with Crippen LogP contribution in [0.25, 0.3) is 0 Å². The molecule has 7 nitrogen and oxygen atoms in total. The summed E-state index contributed by atoms with van der Waals surface area (Å²) in [5.74, 6) is 4.09. The first kappa shape index (κ1) is 19.3. The third kappa shape index (κ3) is 4.62. The number of nitrogens with zero attached hydrogens (tertiary/aromatic N) is 2. The molecular weight excluding hydrogens is 356 g/mol. The predicted octanol–water partition coefficient (Wildman–Crippen LogP) is 4.69. The molecule has 2 aromatic carbocycles. The number of benzene rings is 2. The van der Waals surface area contributed by atoms with Crippen LogP contribution in [-0.4, -0.2) is 30.8 Å². The van der Waals surface area contributed by atoms with Crippen LogP contribution in [0.3, 0.4) is 0 Å². The van der Waals surface area contributed by atoms with Gasteiger partial charge in [-0.25, -0.2) is 9.97 Å². The highest BCUT2D eigenvalue weighted by atomic mass is 16.5. The SMILES string of the molecule is CCOc1ccccc1Nc1cc(Nc2ccc(OC)cc2OC)nc(C)n1. The first-order chi connectivity index (χ1) is 13.6. The lowest BCUT2D eigenvalue weighted by Crippen LogP contribution is -2.03. The number of hydrogen-bond acceptors (Lipinski definition) is 7. The Kier molecular flexibility index (Phi) is 6.16. The lowest BCUT2D eigenvalue weighted by Gasteiger charge is -2.15. The largest absolute Gasteiger partial charge is 0.497 e. The van der Waals surface area contributed by atoms with E-state index >= 15 is 0 Å². The van der Waals surface area contributed by atoms with Gasteiger partial charge in [0.1, 0.15) is 34.7 Å². The van der Waals surface area contributed by atoms with E-state index < -0.39 is 0 Å². The Labute approximate surface area is 164 Å². The lowest BCUT2D eigenvalue weighted by molar-refractivity contribution is 0.342. The molecular formula is C21H24N4O3. The Morgan fingerprint density at radius 1 is 0.821 bits per heavy atom. The summed E-state index contributed by atoms with van der Waals surface area (Å²) in [7, 11) is 3.23. The van der Waals surface area contributed by atoms with Crippen LogP contribution in [0.1, 0.15) is 12.7 Å². The number of rotatable bonds is 8. The fraction of sp³-hybridized carbons (Fsp3) is 0.238. The minimum atomic E-state index is 0.589. The van der Waals surface area contributed by atoms with E-state index in [1.807, 2.05) is 62.4 Å². The molecule has 0 unspecified atom stereocenters. The Hall–Kier alpha value is -3.48. The molecule has 0 saturated carbocycles. The number of nitrogens with one attached hydrogen (secondary N) is 2. The van der Waals surface area contributed by atoms with Crippen molar-refractivity contribution < 1.29 is 14.2 Å². The maximum absolute atomic E-state index is 5.67. The number of hydrogen-bond donors (Lipinski definition) is 2. The van der Waals surface area contributed by atoms with E-state index in [1.54, 1.807) is 14.2 Å². The summed E-state index contributed by atoms with van der Waals surface area (Å²) < 4.78 is 16.4. The van der Waals surface area contributed by atoms with Crippen molar-refractivity contribution in [2.75, 3.05) is 31.5 Å². The normalized spacial score (nSPS) is 10.3. The minimum absolute atomic E-state index is 0.589. The molecule has 0 spiro atoms. The van der Waals surface area contributed by atoms with Gasteiger partial charge < -0.3 is 24.8 Å². The monoisotopic (exact) mass is 380 g/mol. The second kappa shape index (κ2) is 8.94. The third-order valence-electron chi connectivity index (χ3n) is 3.96. The molecule has 0 radical (unpaired) electrons. The van der Waals surface area contributed by atoms with Gasteiger partial charge >= 0.3 is 0 Å². The smallest absolute Gasteiger partial charge is 0.146 e. The molecule has 2 N–H and O–H groups in total. The molecule has 0 fully saturated rings. The van der Waals surface area contributed by atoms with E-state index in [4.69, 9.17) is 14.2 Å². The maximum atomic E-state index is 5.67. The quantitative estimate of drug-likeness (QED) is 0.587. The molecule has 3 aromatic rings. The number of para-hydroxylation sites is 2. The van der Waals surface area contributed by atoms with Crippen molar-refractivity contribution in [3.05, 3.63) is 54.4 Å². The van der Waals surface area contributed by atoms with E-state index in [0.717, 1.165) is 22.9 Å². The Balaban J connectivity index is 1.86. The number of ether oxygens (including phenoxy) is 3. The van der Waals surface area contributed by atoms with Gasteiger partial charge in [-0.1, -0.05) is 12.1 Å². The summed E-state index contributed by atoms with van der Waals surface area (Å²) in [6, 6.07) is 15.1. The highest BCUT2D eigenvalue weighted by Gasteiger charge is 2.10. The van der Waals surface area contributed by atoms with Crippen molar-refractivity contribution in [1.82, 2.24) is 9.97 Å². The molecule has 28 heavy (non-hydrogen) atoms. The molecule has 7 heteroatoms. The predicted molar refractivity (Wildman–Crippen MR) is 110 cm³/mol. The third-order valence-corrected chi connectivity index (χ3v) is 3.96. The van der Waals surface area contributed by atoms with E-state index in [2.05, 4.69) is 20.6 Å². The topological polar surface area (TPSA) is 77.5 Å². The zero-order chi connectivity index (χ0) is 19.9. The van der Waals surface area contributed by atoms with E-state index in [0.29, 0.717) is 29.8 Å². The first-order valence-electron chi connectivity index (χ1n) is 8.96. The number of aromatic nitrogens is 2. The van der Waals surface area contributed by atoms with Crippen molar-refractivity contribution in [1.29, 1.82) is 0 Å². The van der Waals surface area contributed by atoms with E-state index in [9.17, 15) is 0 Å². The van der Waals surface area contributed by atoms with Crippen LogP contribution in [0.5, 0.6) is 17.2 Å². The Bertz CT molecular complexity index is 947. The average Bonchev–Trinajstić information content (AvgIpc) is 2.69. The Morgan fingerprint density at radius 3 is 2.14 bits per heavy atom. The van der Waals surface area contributed by atoms with Crippen LogP contribution >= 0.6 is 0 Å². The highest BCUT2D eigenvalue weighted by Crippen LogP contribution is 2.32. The molecule has 1 heterocycles. The van der Waals surface area contributed by atoms with Crippen LogP contribution in [-0.2, 0) is 0 Å². The molecule has 0 saturated heterocycles. The molecule has 0 atom stereocenters. The fourth-order valence-corrected chi connectivity index (χ4v) is 2.72. The van der Waals surface area contributed by atoms with Crippen molar-refractivity contribution in [3.8, 4) is 17.2 Å². The van der Waals surface area contributed by atoms with Gasteiger partial charge in [0, 0.05) is 12.1 Å². The molecule has 0 amide bonds. The van der Waals surface area contributed by atoms with Gasteiger partial charge in [0.2, 0.25) is 0 Å². The minimum Gasteiger partial charge on any atom is -0.497 e. The summed E-state index contributed by atoms with van der Waals surface area (Å²) in [6.07, 6.45) is 0. The van der Waals surface area contributed by atoms with Gasteiger partial charge in [-0.15, -0.1) is 0 Å². The molecule has 1 aromatic heterocycles. The summed E-state index contributed by atoms with van der Waals surface area (Å²) >= 11 is 0. The number of aryl methyl sites for hydroxylation is 1. The molecule has 0 bridgehead atoms. The maximum Gasteiger partial charge on any atom is 0.146 e. The van der Waals surface area contributed by atoms with Crippen molar-refractivity contribution in [3.63, 3.8) is 0 Å².